The highest BCUT2D eigenvalue weighted by atomic mass is 35.5. The van der Waals surface area contributed by atoms with Gasteiger partial charge in [0, 0.05) is 31.2 Å². The van der Waals surface area contributed by atoms with Crippen molar-refractivity contribution in [2.75, 3.05) is 45.3 Å². The van der Waals surface area contributed by atoms with Crippen LogP contribution in [-0.4, -0.2) is 64.6 Å². The van der Waals surface area contributed by atoms with Gasteiger partial charge in [-0.1, -0.05) is 0 Å². The van der Waals surface area contributed by atoms with Gasteiger partial charge < -0.3 is 20.1 Å². The molecule has 1 aromatic carbocycles. The molecule has 27 heavy (non-hydrogen) atoms. The zero-order valence-corrected chi connectivity index (χ0v) is 16.9. The average Bonchev–Trinajstić information content (AvgIpc) is 3.15. The number of sulfonamides is 1. The number of morpholine rings is 1. The van der Waals surface area contributed by atoms with Gasteiger partial charge in [0.25, 0.3) is 0 Å². The van der Waals surface area contributed by atoms with Crippen molar-refractivity contribution in [3.63, 3.8) is 0 Å². The number of benzene rings is 1. The summed E-state index contributed by atoms with van der Waals surface area (Å²) in [6.07, 6.45) is 2.42. The minimum atomic E-state index is -3.72. The van der Waals surface area contributed by atoms with Crippen LogP contribution in [0.5, 0.6) is 5.75 Å². The molecule has 2 heterocycles. The number of carbonyl (C=O) groups excluding carboxylic acids is 1. The lowest BCUT2D eigenvalue weighted by Gasteiger charge is -2.26. The van der Waals surface area contributed by atoms with Crippen LogP contribution in [0, 0.1) is 0 Å². The van der Waals surface area contributed by atoms with Crippen molar-refractivity contribution in [1.29, 1.82) is 0 Å². The van der Waals surface area contributed by atoms with Crippen molar-refractivity contribution in [3.05, 3.63) is 18.2 Å². The van der Waals surface area contributed by atoms with E-state index >= 15 is 0 Å². The number of nitrogens with zero attached hydrogens (tertiary/aromatic N) is 1. The van der Waals surface area contributed by atoms with Gasteiger partial charge in [-0.05, 0) is 37.6 Å². The maximum Gasteiger partial charge on any atom is 0.246 e. The number of nitrogens with one attached hydrogen (secondary N) is 2. The fraction of sp³-hybridized carbons (Fsp3) is 0.588. The number of rotatable bonds is 6. The van der Waals surface area contributed by atoms with Crippen molar-refractivity contribution in [1.82, 2.24) is 9.62 Å². The lowest BCUT2D eigenvalue weighted by atomic mass is 10.1. The molecule has 10 heteroatoms. The highest BCUT2D eigenvalue weighted by Gasteiger charge is 2.29. The van der Waals surface area contributed by atoms with E-state index in [9.17, 15) is 13.2 Å². The molecule has 0 saturated carbocycles. The molecule has 152 valence electrons. The Bertz CT molecular complexity index is 747. The van der Waals surface area contributed by atoms with Crippen LogP contribution >= 0.6 is 12.4 Å². The van der Waals surface area contributed by atoms with Gasteiger partial charge in [-0.25, -0.2) is 8.42 Å². The molecule has 0 aliphatic carbocycles. The first-order valence-corrected chi connectivity index (χ1v) is 10.2. The SMILES string of the molecule is COc1ccc(NC(=O)CC2CCCN2)cc1S(=O)(=O)N1CCOCC1.Cl. The molecule has 2 N–H and O–H groups in total. The normalized spacial score (nSPS) is 20.7. The predicted molar refractivity (Wildman–Crippen MR) is 104 cm³/mol. The summed E-state index contributed by atoms with van der Waals surface area (Å²) in [5.74, 6) is 0.122. The second-order valence-electron chi connectivity index (χ2n) is 6.43. The van der Waals surface area contributed by atoms with Crippen LogP contribution in [-0.2, 0) is 19.6 Å². The monoisotopic (exact) mass is 419 g/mol. The minimum Gasteiger partial charge on any atom is -0.495 e. The molecule has 3 rings (SSSR count). The number of hydrogen-bond acceptors (Lipinski definition) is 6. The molecular formula is C17H26ClN3O5S. The standard InChI is InChI=1S/C17H25N3O5S.ClH/c1-24-15-5-4-14(19-17(21)12-13-3-2-6-18-13)11-16(15)26(22,23)20-7-9-25-10-8-20;/h4-5,11,13,18H,2-3,6-10,12H2,1H3,(H,19,21);1H. The zero-order chi connectivity index (χ0) is 18.6. The fourth-order valence-electron chi connectivity index (χ4n) is 3.25. The molecule has 2 aliphatic heterocycles. The van der Waals surface area contributed by atoms with Gasteiger partial charge >= 0.3 is 0 Å². The van der Waals surface area contributed by atoms with Crippen LogP contribution in [0.15, 0.2) is 23.1 Å². The molecule has 2 fully saturated rings. The summed E-state index contributed by atoms with van der Waals surface area (Å²) in [4.78, 5) is 12.3. The van der Waals surface area contributed by atoms with E-state index in [2.05, 4.69) is 10.6 Å². The number of anilines is 1. The maximum atomic E-state index is 13.0. The van der Waals surface area contributed by atoms with E-state index in [0.717, 1.165) is 19.4 Å². The fourth-order valence-corrected chi connectivity index (χ4v) is 4.84. The zero-order valence-electron chi connectivity index (χ0n) is 15.3. The third kappa shape index (κ3) is 5.32. The summed E-state index contributed by atoms with van der Waals surface area (Å²) < 4.78 is 37.7. The van der Waals surface area contributed by atoms with E-state index in [4.69, 9.17) is 9.47 Å². The van der Waals surface area contributed by atoms with Crippen molar-refractivity contribution in [3.8, 4) is 5.75 Å². The van der Waals surface area contributed by atoms with Crippen LogP contribution in [0.2, 0.25) is 0 Å². The first kappa shape index (κ1) is 21.9. The molecule has 0 bridgehead atoms. The topological polar surface area (TPSA) is 97.0 Å². The number of halogens is 1. The average molecular weight is 420 g/mol. The largest absolute Gasteiger partial charge is 0.495 e. The van der Waals surface area contributed by atoms with E-state index < -0.39 is 10.0 Å². The summed E-state index contributed by atoms with van der Waals surface area (Å²) in [7, 11) is -2.29. The quantitative estimate of drug-likeness (QED) is 0.719. The van der Waals surface area contributed by atoms with E-state index in [-0.39, 0.29) is 35.0 Å². The summed E-state index contributed by atoms with van der Waals surface area (Å²) >= 11 is 0. The molecule has 2 saturated heterocycles. The summed E-state index contributed by atoms with van der Waals surface area (Å²) in [6, 6.07) is 4.86. The second kappa shape index (κ2) is 9.70. The molecule has 1 unspecified atom stereocenters. The second-order valence-corrected chi connectivity index (χ2v) is 8.33. The van der Waals surface area contributed by atoms with Crippen molar-refractivity contribution in [2.24, 2.45) is 0 Å². The molecule has 2 aliphatic rings. The first-order valence-electron chi connectivity index (χ1n) is 8.80. The Labute approximate surface area is 166 Å². The first-order chi connectivity index (χ1) is 12.5. The van der Waals surface area contributed by atoms with Gasteiger partial charge in [0.15, 0.2) is 0 Å². The summed E-state index contributed by atoms with van der Waals surface area (Å²) in [6.45, 7) is 2.27. The Morgan fingerprint density at radius 2 is 2.11 bits per heavy atom. The van der Waals surface area contributed by atoms with Crippen molar-refractivity contribution >= 4 is 34.0 Å². The number of carbonyl (C=O) groups is 1. The maximum absolute atomic E-state index is 13.0. The van der Waals surface area contributed by atoms with Gasteiger partial charge in [0.1, 0.15) is 10.6 Å². The smallest absolute Gasteiger partial charge is 0.246 e. The molecule has 8 nitrogen and oxygen atoms in total. The van der Waals surface area contributed by atoms with Crippen LogP contribution < -0.4 is 15.4 Å². The van der Waals surface area contributed by atoms with Crippen molar-refractivity contribution in [2.45, 2.75) is 30.2 Å². The molecule has 1 aromatic rings. The third-order valence-corrected chi connectivity index (χ3v) is 6.55. The van der Waals surface area contributed by atoms with Crippen LogP contribution in [0.3, 0.4) is 0 Å². The molecule has 0 aromatic heterocycles. The summed E-state index contributed by atoms with van der Waals surface area (Å²) in [5.41, 5.74) is 0.445. The van der Waals surface area contributed by atoms with E-state index in [0.29, 0.717) is 38.4 Å². The molecule has 1 amide bonds. The number of hydrogen-bond donors (Lipinski definition) is 2. The van der Waals surface area contributed by atoms with Gasteiger partial charge in [-0.3, -0.25) is 4.79 Å². The molecule has 1 atom stereocenters. The van der Waals surface area contributed by atoms with Gasteiger partial charge in [0.05, 0.1) is 20.3 Å². The summed E-state index contributed by atoms with van der Waals surface area (Å²) in [5, 5.41) is 6.07. The Balaban J connectivity index is 0.00000261. The van der Waals surface area contributed by atoms with E-state index in [1.54, 1.807) is 12.1 Å². The lowest BCUT2D eigenvalue weighted by Crippen LogP contribution is -2.40. The third-order valence-electron chi connectivity index (χ3n) is 4.63. The van der Waals surface area contributed by atoms with Crippen LogP contribution in [0.4, 0.5) is 5.69 Å². The number of methoxy groups -OCH3 is 1. The van der Waals surface area contributed by atoms with Gasteiger partial charge in [-0.15, -0.1) is 12.4 Å². The van der Waals surface area contributed by atoms with E-state index in [1.807, 2.05) is 0 Å². The van der Waals surface area contributed by atoms with Crippen LogP contribution in [0.25, 0.3) is 0 Å². The number of amides is 1. The van der Waals surface area contributed by atoms with E-state index in [1.165, 1.54) is 17.5 Å². The lowest BCUT2D eigenvalue weighted by molar-refractivity contribution is -0.116. The Morgan fingerprint density at radius 3 is 2.74 bits per heavy atom. The number of ether oxygens (including phenoxy) is 2. The van der Waals surface area contributed by atoms with Gasteiger partial charge in [-0.2, -0.15) is 4.31 Å². The molecular weight excluding hydrogens is 394 g/mol. The van der Waals surface area contributed by atoms with Crippen molar-refractivity contribution < 1.29 is 22.7 Å². The highest BCUT2D eigenvalue weighted by molar-refractivity contribution is 7.89. The van der Waals surface area contributed by atoms with Gasteiger partial charge in [0.2, 0.25) is 15.9 Å². The highest BCUT2D eigenvalue weighted by Crippen LogP contribution is 2.30. The molecule has 0 spiro atoms. The predicted octanol–water partition coefficient (Wildman–Crippen LogP) is 1.22. The van der Waals surface area contributed by atoms with Crippen LogP contribution in [0.1, 0.15) is 19.3 Å². The Hall–Kier alpha value is -1.39. The molecule has 0 radical (unpaired) electrons. The Morgan fingerprint density at radius 1 is 1.37 bits per heavy atom. The Kier molecular flexibility index (Phi) is 7.87. The minimum absolute atomic E-state index is 0.